The van der Waals surface area contributed by atoms with Crippen LogP contribution in [0.25, 0.3) is 11.2 Å². The summed E-state index contributed by atoms with van der Waals surface area (Å²) in [5.41, 5.74) is 5.12. The Labute approximate surface area is 216 Å². The normalized spacial score (nSPS) is 23.5. The SMILES string of the molecule is Nc1nc2c(ncn2[C@@H]2O[C@H](CO)[C@@H](O)[C@H]2O)c(=O)[nH]1.O=P([O-])([O-])OP(=O)(O)O.[Na+].[Na+]. The molecule has 0 saturated carbocycles. The molecule has 164 valence electrons. The van der Waals surface area contributed by atoms with Crippen molar-refractivity contribution >= 4 is 32.8 Å². The van der Waals surface area contributed by atoms with E-state index in [-0.39, 0.29) is 76.2 Å². The fourth-order valence-electron chi connectivity index (χ4n) is 2.37. The zero-order valence-corrected chi connectivity index (χ0v) is 21.8. The Morgan fingerprint density at radius 3 is 2.26 bits per heavy atom. The van der Waals surface area contributed by atoms with Crippen LogP contribution in [-0.4, -0.2) is 69.5 Å². The largest absolute Gasteiger partial charge is 1.00 e. The van der Waals surface area contributed by atoms with Crippen molar-refractivity contribution in [3.8, 4) is 0 Å². The maximum absolute atomic E-state index is 11.7. The van der Waals surface area contributed by atoms with E-state index in [1.54, 1.807) is 0 Å². The van der Waals surface area contributed by atoms with Gasteiger partial charge in [-0.25, -0.2) is 9.55 Å². The van der Waals surface area contributed by atoms with Crippen molar-refractivity contribution in [2.75, 3.05) is 12.3 Å². The van der Waals surface area contributed by atoms with Gasteiger partial charge in [0.1, 0.15) is 18.3 Å². The number of aromatic amines is 1. The van der Waals surface area contributed by atoms with Gasteiger partial charge in [-0.2, -0.15) is 4.98 Å². The van der Waals surface area contributed by atoms with Crippen LogP contribution >= 0.6 is 15.6 Å². The average Bonchev–Trinajstić information content (AvgIpc) is 3.07. The first kappa shape index (κ1) is 31.2. The molecule has 8 N–H and O–H groups in total. The Morgan fingerprint density at radius 2 is 1.84 bits per heavy atom. The maximum Gasteiger partial charge on any atom is 1.00 e. The van der Waals surface area contributed by atoms with E-state index in [2.05, 4.69) is 19.3 Å². The average molecular weight is 505 g/mol. The van der Waals surface area contributed by atoms with Crippen molar-refractivity contribution in [2.24, 2.45) is 0 Å². The second-order valence-corrected chi connectivity index (χ2v) is 8.05. The van der Waals surface area contributed by atoms with Gasteiger partial charge in [-0.15, -0.1) is 0 Å². The Hall–Kier alpha value is 0.250. The van der Waals surface area contributed by atoms with Gasteiger partial charge >= 0.3 is 66.9 Å². The van der Waals surface area contributed by atoms with Crippen LogP contribution in [0.4, 0.5) is 5.95 Å². The van der Waals surface area contributed by atoms with Crippen molar-refractivity contribution < 1.29 is 112 Å². The van der Waals surface area contributed by atoms with Crippen LogP contribution in [0.1, 0.15) is 6.23 Å². The molecule has 21 heteroatoms. The van der Waals surface area contributed by atoms with Crippen LogP contribution in [0.5, 0.6) is 0 Å². The van der Waals surface area contributed by atoms with Gasteiger partial charge in [0.05, 0.1) is 20.8 Å². The molecule has 0 aromatic carbocycles. The van der Waals surface area contributed by atoms with E-state index in [1.807, 2.05) is 0 Å². The van der Waals surface area contributed by atoms with Gasteiger partial charge in [-0.1, -0.05) is 0 Å². The minimum absolute atomic E-state index is 0. The summed E-state index contributed by atoms with van der Waals surface area (Å²) in [6.45, 7) is -0.447. The maximum atomic E-state index is 11.7. The standard InChI is InChI=1S/C10H13N5O5.2Na.H4O7P2/c11-10-13-7-4(8(19)14-10)12-2-15(7)9-6(18)5(17)3(1-16)20-9;;;1-8(2,3)7-9(4,5)6/h2-3,5-6,9,16-18H,1H2,(H3,11,13,14,19);;;(H2,1,2,3)(H2,4,5,6)/q;2*+1;/p-2/t3-,5-,6-,9-;;;/m1.../s1. The monoisotopic (exact) mass is 505 g/mol. The smallest absolute Gasteiger partial charge is 0.789 e. The van der Waals surface area contributed by atoms with E-state index in [9.17, 15) is 33.9 Å². The molecule has 0 aliphatic carbocycles. The van der Waals surface area contributed by atoms with Crippen LogP contribution in [0.3, 0.4) is 0 Å². The van der Waals surface area contributed by atoms with Crippen LogP contribution in [0.2, 0.25) is 0 Å². The third-order valence-corrected chi connectivity index (χ3v) is 5.10. The molecule has 1 saturated heterocycles. The van der Waals surface area contributed by atoms with E-state index in [0.29, 0.717) is 0 Å². The van der Waals surface area contributed by atoms with Crippen molar-refractivity contribution in [1.82, 2.24) is 19.5 Å². The summed E-state index contributed by atoms with van der Waals surface area (Å²) in [5, 5.41) is 28.7. The topological polar surface area (TPSA) is 289 Å². The fourth-order valence-corrected chi connectivity index (χ4v) is 3.41. The number of H-pyrrole nitrogens is 1. The quantitative estimate of drug-likeness (QED) is 0.150. The first-order valence-electron chi connectivity index (χ1n) is 7.37. The molecule has 0 amide bonds. The molecular formula is C10H15N5Na2O12P2. The van der Waals surface area contributed by atoms with Gasteiger partial charge in [-0.3, -0.25) is 18.7 Å². The van der Waals surface area contributed by atoms with E-state index in [1.165, 1.54) is 10.9 Å². The Balaban J connectivity index is 0.000000709. The molecule has 17 nitrogen and oxygen atoms in total. The van der Waals surface area contributed by atoms with Crippen LogP contribution in [0, 0.1) is 0 Å². The molecule has 4 atom stereocenters. The molecule has 3 rings (SSSR count). The summed E-state index contributed by atoms with van der Waals surface area (Å²) in [6, 6.07) is 0. The number of anilines is 1. The van der Waals surface area contributed by atoms with Gasteiger partial charge in [0, 0.05) is 0 Å². The van der Waals surface area contributed by atoms with Crippen LogP contribution in [-0.2, 0) is 18.2 Å². The zero-order chi connectivity index (χ0) is 22.1. The molecule has 2 aromatic rings. The summed E-state index contributed by atoms with van der Waals surface area (Å²) >= 11 is 0. The summed E-state index contributed by atoms with van der Waals surface area (Å²) in [4.78, 5) is 55.9. The van der Waals surface area contributed by atoms with Crippen molar-refractivity contribution in [1.29, 1.82) is 0 Å². The number of ether oxygens (including phenoxy) is 1. The van der Waals surface area contributed by atoms with E-state index in [4.69, 9.17) is 25.4 Å². The molecule has 1 fully saturated rings. The number of aromatic nitrogens is 4. The Morgan fingerprint density at radius 1 is 1.26 bits per heavy atom. The molecule has 0 unspecified atom stereocenters. The van der Waals surface area contributed by atoms with Crippen molar-refractivity contribution in [3.63, 3.8) is 0 Å². The second-order valence-electron chi connectivity index (χ2n) is 5.52. The Bertz CT molecular complexity index is 1000. The number of nitrogen functional groups attached to an aromatic ring is 1. The molecule has 31 heavy (non-hydrogen) atoms. The summed E-state index contributed by atoms with van der Waals surface area (Å²) < 4.78 is 28.3. The predicted molar refractivity (Wildman–Crippen MR) is 86.3 cm³/mol. The number of fused-ring (bicyclic) bond motifs is 1. The van der Waals surface area contributed by atoms with Gasteiger partial charge in [-0.05, 0) is 0 Å². The molecule has 0 bridgehead atoms. The van der Waals surface area contributed by atoms with E-state index in [0.717, 1.165) is 0 Å². The van der Waals surface area contributed by atoms with Crippen molar-refractivity contribution in [3.05, 3.63) is 16.7 Å². The van der Waals surface area contributed by atoms with Gasteiger partial charge in [0.15, 0.2) is 17.4 Å². The summed E-state index contributed by atoms with van der Waals surface area (Å²) in [7, 11) is -10.7. The number of hydrogen-bond donors (Lipinski definition) is 7. The van der Waals surface area contributed by atoms with Gasteiger partial charge < -0.3 is 49.9 Å². The van der Waals surface area contributed by atoms with E-state index >= 15 is 0 Å². The van der Waals surface area contributed by atoms with Crippen LogP contribution < -0.4 is 80.2 Å². The molecule has 0 radical (unpaired) electrons. The number of rotatable bonds is 4. The van der Waals surface area contributed by atoms with Gasteiger partial charge in [0.2, 0.25) is 5.95 Å². The van der Waals surface area contributed by atoms with Gasteiger partial charge in [0.25, 0.3) is 5.56 Å². The summed E-state index contributed by atoms with van der Waals surface area (Å²) in [6.07, 6.45) is -3.21. The van der Waals surface area contributed by atoms with E-state index < -0.39 is 52.4 Å². The minimum atomic E-state index is -5.55. The number of aliphatic hydroxyl groups is 3. The second kappa shape index (κ2) is 12.1. The number of nitrogens with two attached hydrogens (primary N) is 1. The fraction of sp³-hybridized carbons (Fsp3) is 0.500. The molecule has 3 heterocycles. The number of nitrogens with one attached hydrogen (secondary N) is 1. The number of hydrogen-bond acceptors (Lipinski definition) is 13. The number of aliphatic hydroxyl groups excluding tert-OH is 3. The first-order chi connectivity index (χ1) is 13.2. The summed E-state index contributed by atoms with van der Waals surface area (Å²) in [5.74, 6) is -0.101. The van der Waals surface area contributed by atoms with Crippen molar-refractivity contribution in [2.45, 2.75) is 24.5 Å². The predicted octanol–water partition coefficient (Wildman–Crippen LogP) is -10.8. The van der Waals surface area contributed by atoms with Crippen LogP contribution in [0.15, 0.2) is 11.1 Å². The molecule has 1 aliphatic heterocycles. The molecule has 1 aliphatic rings. The third-order valence-electron chi connectivity index (χ3n) is 3.45. The third kappa shape index (κ3) is 8.51. The first-order valence-corrected chi connectivity index (χ1v) is 10.4. The Kier molecular flexibility index (Phi) is 12.2. The number of imidazole rings is 1. The minimum Gasteiger partial charge on any atom is -0.789 e. The molecule has 0 spiro atoms. The zero-order valence-electron chi connectivity index (χ0n) is 16.0. The number of phosphoric acid groups is 2. The number of nitrogens with zero attached hydrogens (tertiary/aromatic N) is 3. The molecule has 2 aromatic heterocycles. The molecular weight excluding hydrogens is 490 g/mol.